The fourth-order valence-corrected chi connectivity index (χ4v) is 2.45. The fraction of sp³-hybridized carbons (Fsp3) is 0.500. The SMILES string of the molecule is Cc1ncc(CC2=CC(O)CNC2)s1. The van der Waals surface area contributed by atoms with Gasteiger partial charge in [-0.1, -0.05) is 11.6 Å². The Balaban J connectivity index is 2.03. The maximum atomic E-state index is 9.41. The number of hydrogen-bond acceptors (Lipinski definition) is 4. The number of thiazole rings is 1. The van der Waals surface area contributed by atoms with Crippen LogP contribution in [0.3, 0.4) is 0 Å². The van der Waals surface area contributed by atoms with Crippen LogP contribution in [0.2, 0.25) is 0 Å². The van der Waals surface area contributed by atoms with E-state index in [0.717, 1.165) is 18.0 Å². The van der Waals surface area contributed by atoms with E-state index in [2.05, 4.69) is 10.3 Å². The van der Waals surface area contributed by atoms with E-state index in [9.17, 15) is 5.11 Å². The van der Waals surface area contributed by atoms with Gasteiger partial charge in [-0.05, 0) is 6.92 Å². The van der Waals surface area contributed by atoms with E-state index in [0.29, 0.717) is 6.54 Å². The summed E-state index contributed by atoms with van der Waals surface area (Å²) in [5.41, 5.74) is 1.26. The van der Waals surface area contributed by atoms with Crippen molar-refractivity contribution in [3.63, 3.8) is 0 Å². The van der Waals surface area contributed by atoms with Crippen LogP contribution in [0.15, 0.2) is 17.8 Å². The summed E-state index contributed by atoms with van der Waals surface area (Å²) in [6.07, 6.45) is 4.45. The van der Waals surface area contributed by atoms with Crippen LogP contribution in [-0.2, 0) is 6.42 Å². The average Bonchev–Trinajstić information content (AvgIpc) is 2.51. The molecule has 3 nitrogen and oxygen atoms in total. The summed E-state index contributed by atoms with van der Waals surface area (Å²) in [7, 11) is 0. The number of aryl methyl sites for hydroxylation is 1. The average molecular weight is 210 g/mol. The number of rotatable bonds is 2. The molecule has 0 amide bonds. The van der Waals surface area contributed by atoms with Gasteiger partial charge in [0.1, 0.15) is 0 Å². The first-order valence-electron chi connectivity index (χ1n) is 4.73. The summed E-state index contributed by atoms with van der Waals surface area (Å²) < 4.78 is 0. The van der Waals surface area contributed by atoms with E-state index in [1.807, 2.05) is 19.2 Å². The van der Waals surface area contributed by atoms with Crippen molar-refractivity contribution in [3.05, 3.63) is 27.7 Å². The number of hydrogen-bond donors (Lipinski definition) is 2. The second kappa shape index (κ2) is 4.21. The quantitative estimate of drug-likeness (QED) is 0.712. The van der Waals surface area contributed by atoms with Crippen molar-refractivity contribution >= 4 is 11.3 Å². The highest BCUT2D eigenvalue weighted by molar-refractivity contribution is 7.11. The third-order valence-corrected chi connectivity index (χ3v) is 3.12. The van der Waals surface area contributed by atoms with Crippen molar-refractivity contribution in [1.82, 2.24) is 10.3 Å². The molecule has 1 atom stereocenters. The van der Waals surface area contributed by atoms with Gasteiger partial charge < -0.3 is 10.4 Å². The molecule has 14 heavy (non-hydrogen) atoms. The molecule has 0 saturated carbocycles. The largest absolute Gasteiger partial charge is 0.388 e. The molecule has 2 rings (SSSR count). The number of β-amino-alcohol motifs (C(OH)–C–C–N with tert-alkyl or cyclic N) is 1. The van der Waals surface area contributed by atoms with Gasteiger partial charge in [0.15, 0.2) is 0 Å². The van der Waals surface area contributed by atoms with Gasteiger partial charge in [0.25, 0.3) is 0 Å². The Labute approximate surface area is 87.5 Å². The Hall–Kier alpha value is -0.710. The summed E-state index contributed by atoms with van der Waals surface area (Å²) in [5.74, 6) is 0. The molecule has 76 valence electrons. The summed E-state index contributed by atoms with van der Waals surface area (Å²) in [5, 5.41) is 13.7. The molecule has 4 heteroatoms. The van der Waals surface area contributed by atoms with E-state index >= 15 is 0 Å². The van der Waals surface area contributed by atoms with Crippen LogP contribution >= 0.6 is 11.3 Å². The normalized spacial score (nSPS) is 22.1. The van der Waals surface area contributed by atoms with Crippen LogP contribution in [0.1, 0.15) is 9.88 Å². The molecule has 2 heterocycles. The van der Waals surface area contributed by atoms with E-state index in [1.165, 1.54) is 10.5 Å². The molecule has 0 saturated heterocycles. The van der Waals surface area contributed by atoms with Crippen molar-refractivity contribution < 1.29 is 5.11 Å². The van der Waals surface area contributed by atoms with Crippen LogP contribution in [0.5, 0.6) is 0 Å². The Morgan fingerprint density at radius 2 is 2.57 bits per heavy atom. The lowest BCUT2D eigenvalue weighted by atomic mass is 10.1. The Kier molecular flexibility index (Phi) is 2.96. The smallest absolute Gasteiger partial charge is 0.0896 e. The van der Waals surface area contributed by atoms with Crippen molar-refractivity contribution in [2.45, 2.75) is 19.4 Å². The fourth-order valence-electron chi connectivity index (χ4n) is 1.60. The minimum absolute atomic E-state index is 0.326. The van der Waals surface area contributed by atoms with E-state index in [-0.39, 0.29) is 6.10 Å². The minimum Gasteiger partial charge on any atom is -0.388 e. The third kappa shape index (κ3) is 2.41. The zero-order chi connectivity index (χ0) is 9.97. The molecule has 0 aromatic carbocycles. The zero-order valence-corrected chi connectivity index (χ0v) is 8.97. The van der Waals surface area contributed by atoms with Gasteiger partial charge in [0.2, 0.25) is 0 Å². The highest BCUT2D eigenvalue weighted by Gasteiger charge is 2.11. The number of nitrogens with zero attached hydrogens (tertiary/aromatic N) is 1. The Bertz CT molecular complexity index is 346. The van der Waals surface area contributed by atoms with Crippen LogP contribution < -0.4 is 5.32 Å². The molecule has 2 N–H and O–H groups in total. The van der Waals surface area contributed by atoms with Gasteiger partial charge in [0, 0.05) is 30.6 Å². The van der Waals surface area contributed by atoms with Gasteiger partial charge in [-0.2, -0.15) is 0 Å². The van der Waals surface area contributed by atoms with Gasteiger partial charge in [0.05, 0.1) is 11.1 Å². The number of aromatic nitrogens is 1. The minimum atomic E-state index is -0.326. The van der Waals surface area contributed by atoms with Crippen LogP contribution in [0.25, 0.3) is 0 Å². The molecule has 0 aliphatic carbocycles. The summed E-state index contributed by atoms with van der Waals surface area (Å²) >= 11 is 1.72. The van der Waals surface area contributed by atoms with Gasteiger partial charge in [-0.25, -0.2) is 4.98 Å². The molecule has 1 aliphatic rings. The maximum Gasteiger partial charge on any atom is 0.0896 e. The van der Waals surface area contributed by atoms with Crippen molar-refractivity contribution in [1.29, 1.82) is 0 Å². The number of aliphatic hydroxyl groups is 1. The first-order chi connectivity index (χ1) is 6.74. The molecular weight excluding hydrogens is 196 g/mol. The molecule has 1 unspecified atom stereocenters. The Morgan fingerprint density at radius 3 is 3.21 bits per heavy atom. The molecule has 0 fully saturated rings. The first-order valence-corrected chi connectivity index (χ1v) is 5.55. The van der Waals surface area contributed by atoms with Crippen molar-refractivity contribution in [2.75, 3.05) is 13.1 Å². The first kappa shape index (κ1) is 9.83. The van der Waals surface area contributed by atoms with Crippen LogP contribution in [-0.4, -0.2) is 29.3 Å². The molecule has 0 radical (unpaired) electrons. The second-order valence-corrected chi connectivity index (χ2v) is 4.86. The standard InChI is InChI=1S/C10H14N2OS/c1-7-12-6-10(14-7)3-8-2-9(13)5-11-4-8/h2,6,9,11,13H,3-5H2,1H3. The third-order valence-electron chi connectivity index (χ3n) is 2.20. The highest BCUT2D eigenvalue weighted by Crippen LogP contribution is 2.17. The summed E-state index contributed by atoms with van der Waals surface area (Å²) in [6.45, 7) is 3.57. The van der Waals surface area contributed by atoms with Gasteiger partial charge in [-0.3, -0.25) is 0 Å². The maximum absolute atomic E-state index is 9.41. The number of aliphatic hydroxyl groups excluding tert-OH is 1. The molecule has 0 bridgehead atoms. The van der Waals surface area contributed by atoms with E-state index in [4.69, 9.17) is 0 Å². The lowest BCUT2D eigenvalue weighted by Gasteiger charge is -2.17. The van der Waals surface area contributed by atoms with Gasteiger partial charge >= 0.3 is 0 Å². The zero-order valence-electron chi connectivity index (χ0n) is 8.16. The molecule has 0 spiro atoms. The topological polar surface area (TPSA) is 45.2 Å². The van der Waals surface area contributed by atoms with Crippen molar-refractivity contribution in [3.8, 4) is 0 Å². The van der Waals surface area contributed by atoms with Gasteiger partial charge in [-0.15, -0.1) is 11.3 Å². The van der Waals surface area contributed by atoms with Crippen LogP contribution in [0, 0.1) is 6.92 Å². The van der Waals surface area contributed by atoms with Crippen molar-refractivity contribution in [2.24, 2.45) is 0 Å². The molecule has 1 aliphatic heterocycles. The predicted octanol–water partition coefficient (Wildman–Crippen LogP) is 0.885. The molecular formula is C10H14N2OS. The highest BCUT2D eigenvalue weighted by atomic mass is 32.1. The summed E-state index contributed by atoms with van der Waals surface area (Å²) in [6, 6.07) is 0. The lowest BCUT2D eigenvalue weighted by molar-refractivity contribution is 0.213. The summed E-state index contributed by atoms with van der Waals surface area (Å²) in [4.78, 5) is 5.48. The number of nitrogens with one attached hydrogen (secondary N) is 1. The van der Waals surface area contributed by atoms with E-state index < -0.39 is 0 Å². The van der Waals surface area contributed by atoms with E-state index in [1.54, 1.807) is 11.3 Å². The van der Waals surface area contributed by atoms with Crippen LogP contribution in [0.4, 0.5) is 0 Å². The Morgan fingerprint density at radius 1 is 1.71 bits per heavy atom. The monoisotopic (exact) mass is 210 g/mol. The lowest BCUT2D eigenvalue weighted by Crippen LogP contribution is -2.32. The molecule has 1 aromatic rings. The molecule has 1 aromatic heterocycles. The predicted molar refractivity (Wildman–Crippen MR) is 57.5 cm³/mol. The second-order valence-electron chi connectivity index (χ2n) is 3.55.